The van der Waals surface area contributed by atoms with Gasteiger partial charge >= 0.3 is 0 Å². The lowest BCUT2D eigenvalue weighted by Crippen LogP contribution is -2.37. The third kappa shape index (κ3) is 5.55. The van der Waals surface area contributed by atoms with Crippen molar-refractivity contribution >= 4 is 34.2 Å². The Balaban J connectivity index is 1.26. The van der Waals surface area contributed by atoms with E-state index in [9.17, 15) is 14.4 Å². The van der Waals surface area contributed by atoms with E-state index in [1.165, 1.54) is 18.7 Å². The van der Waals surface area contributed by atoms with Crippen LogP contribution in [0, 0.1) is 0 Å². The highest BCUT2D eigenvalue weighted by Gasteiger charge is 2.21. The minimum absolute atomic E-state index is 0.0718. The highest BCUT2D eigenvalue weighted by atomic mass is 16.2. The maximum Gasteiger partial charge on any atom is 0.241 e. The van der Waals surface area contributed by atoms with E-state index in [1.54, 1.807) is 54.9 Å². The van der Waals surface area contributed by atoms with Crippen molar-refractivity contribution in [3.63, 3.8) is 0 Å². The topological polar surface area (TPSA) is 133 Å². The predicted octanol–water partition coefficient (Wildman–Crippen LogP) is 4.38. The monoisotopic (exact) mass is 532 g/mol. The van der Waals surface area contributed by atoms with Crippen LogP contribution in [0.15, 0.2) is 91.8 Å². The molecule has 2 aromatic carbocycles. The molecule has 40 heavy (non-hydrogen) atoms. The van der Waals surface area contributed by atoms with E-state index < -0.39 is 11.9 Å². The molecule has 0 fully saturated rings. The largest absolute Gasteiger partial charge is 0.329 e. The normalized spacial score (nSPS) is 11.9. The van der Waals surface area contributed by atoms with Gasteiger partial charge < -0.3 is 15.6 Å². The summed E-state index contributed by atoms with van der Waals surface area (Å²) < 4.78 is 1.92. The van der Waals surface area contributed by atoms with Crippen molar-refractivity contribution in [1.82, 2.24) is 19.5 Å². The zero-order valence-electron chi connectivity index (χ0n) is 22.1. The van der Waals surface area contributed by atoms with Gasteiger partial charge in [0.15, 0.2) is 11.6 Å². The summed E-state index contributed by atoms with van der Waals surface area (Å²) in [6, 6.07) is 16.9. The Bertz CT molecular complexity index is 1690. The number of nitrogens with two attached hydrogens (primary N) is 1. The molecule has 0 bridgehead atoms. The van der Waals surface area contributed by atoms with Crippen molar-refractivity contribution in [3.8, 4) is 0 Å². The number of benzene rings is 2. The van der Waals surface area contributed by atoms with Crippen LogP contribution in [-0.4, -0.2) is 43.0 Å². The average molecular weight is 533 g/mol. The molecule has 0 spiro atoms. The minimum atomic E-state index is -0.851. The molecule has 5 rings (SSSR count). The number of nitrogens with one attached hydrogen (secondary N) is 1. The number of anilines is 1. The SMILES string of the molecule is CC(C)n1cc(C(=O)c2cncc(NC(=O)[C@@H](N)Cc3ccc(C(=O)c4ccccc4)cc3)c2)c2cncnc21. The maximum atomic E-state index is 13.4. The molecule has 3 heterocycles. The number of nitrogens with zero attached hydrogens (tertiary/aromatic N) is 4. The molecule has 0 aliphatic rings. The summed E-state index contributed by atoms with van der Waals surface area (Å²) >= 11 is 0. The molecule has 3 N–H and O–H groups in total. The fourth-order valence-electron chi connectivity index (χ4n) is 4.48. The Morgan fingerprint density at radius 1 is 0.875 bits per heavy atom. The smallest absolute Gasteiger partial charge is 0.241 e. The number of carbonyl (C=O) groups excluding carboxylic acids is 3. The maximum absolute atomic E-state index is 13.4. The molecular formula is C31H28N6O3. The van der Waals surface area contributed by atoms with Gasteiger partial charge in [-0.25, -0.2) is 9.97 Å². The highest BCUT2D eigenvalue weighted by Crippen LogP contribution is 2.25. The number of hydrogen-bond acceptors (Lipinski definition) is 7. The first-order valence-electron chi connectivity index (χ1n) is 12.9. The van der Waals surface area contributed by atoms with Gasteiger partial charge in [-0.05, 0) is 31.9 Å². The molecule has 0 aliphatic carbocycles. The minimum Gasteiger partial charge on any atom is -0.329 e. The molecule has 0 unspecified atom stereocenters. The number of rotatable bonds is 9. The van der Waals surface area contributed by atoms with Crippen LogP contribution in [0.25, 0.3) is 11.0 Å². The number of fused-ring (bicyclic) bond motifs is 1. The Morgan fingerprint density at radius 2 is 1.60 bits per heavy atom. The fourth-order valence-corrected chi connectivity index (χ4v) is 4.48. The van der Waals surface area contributed by atoms with E-state index in [1.807, 2.05) is 36.6 Å². The zero-order chi connectivity index (χ0) is 28.2. The summed E-state index contributed by atoms with van der Waals surface area (Å²) in [6.07, 6.45) is 8.04. The van der Waals surface area contributed by atoms with Crippen molar-refractivity contribution in [2.24, 2.45) is 5.73 Å². The second-order valence-electron chi connectivity index (χ2n) is 9.79. The van der Waals surface area contributed by atoms with Gasteiger partial charge in [0.05, 0.1) is 23.5 Å². The fraction of sp³-hybridized carbons (Fsp3) is 0.161. The van der Waals surface area contributed by atoms with Crippen molar-refractivity contribution in [3.05, 3.63) is 120 Å². The zero-order valence-corrected chi connectivity index (χ0v) is 22.1. The molecule has 1 atom stereocenters. The van der Waals surface area contributed by atoms with Gasteiger partial charge in [-0.15, -0.1) is 0 Å². The molecule has 0 aliphatic heterocycles. The first kappa shape index (κ1) is 26.6. The van der Waals surface area contributed by atoms with E-state index in [4.69, 9.17) is 5.73 Å². The predicted molar refractivity (Wildman–Crippen MR) is 152 cm³/mol. The lowest BCUT2D eigenvalue weighted by molar-refractivity contribution is -0.117. The molecule has 0 radical (unpaired) electrons. The van der Waals surface area contributed by atoms with E-state index in [0.29, 0.717) is 39.0 Å². The van der Waals surface area contributed by atoms with Crippen LogP contribution in [-0.2, 0) is 11.2 Å². The van der Waals surface area contributed by atoms with Crippen LogP contribution in [0.1, 0.15) is 57.3 Å². The quantitative estimate of drug-likeness (QED) is 0.269. The summed E-state index contributed by atoms with van der Waals surface area (Å²) in [5.74, 6) is -0.740. The van der Waals surface area contributed by atoms with Crippen molar-refractivity contribution in [2.75, 3.05) is 5.32 Å². The van der Waals surface area contributed by atoms with Gasteiger partial charge in [0.1, 0.15) is 12.0 Å². The molecule has 5 aromatic rings. The summed E-state index contributed by atoms with van der Waals surface area (Å²) in [5, 5.41) is 3.41. The third-order valence-corrected chi connectivity index (χ3v) is 6.61. The summed E-state index contributed by atoms with van der Waals surface area (Å²) in [7, 11) is 0. The second-order valence-corrected chi connectivity index (χ2v) is 9.79. The van der Waals surface area contributed by atoms with Crippen LogP contribution < -0.4 is 11.1 Å². The Hall–Kier alpha value is -5.02. The molecule has 3 aromatic heterocycles. The van der Waals surface area contributed by atoms with Gasteiger partial charge in [-0.2, -0.15) is 0 Å². The van der Waals surface area contributed by atoms with Crippen LogP contribution in [0.4, 0.5) is 5.69 Å². The Labute approximate surface area is 231 Å². The number of carbonyl (C=O) groups is 3. The number of hydrogen-bond donors (Lipinski definition) is 2. The number of ketones is 2. The average Bonchev–Trinajstić information content (AvgIpc) is 3.37. The molecular weight excluding hydrogens is 504 g/mol. The first-order chi connectivity index (χ1) is 19.3. The number of aromatic nitrogens is 4. The standard InChI is InChI=1S/C31H28N6O3/c1-19(2)37-17-26(25-16-34-18-35-30(25)37)29(39)23-13-24(15-33-14-23)36-31(40)27(32)12-20-8-10-22(11-9-20)28(38)21-6-4-3-5-7-21/h3-11,13-19,27H,12,32H2,1-2H3,(H,36,40)/t27-/m0/s1. The molecule has 9 nitrogen and oxygen atoms in total. The van der Waals surface area contributed by atoms with E-state index >= 15 is 0 Å². The van der Waals surface area contributed by atoms with Gasteiger partial charge in [-0.1, -0.05) is 54.6 Å². The highest BCUT2D eigenvalue weighted by molar-refractivity contribution is 6.16. The van der Waals surface area contributed by atoms with Gasteiger partial charge in [-0.3, -0.25) is 19.4 Å². The van der Waals surface area contributed by atoms with E-state index in [-0.39, 0.29) is 24.0 Å². The van der Waals surface area contributed by atoms with Gasteiger partial charge in [0.25, 0.3) is 0 Å². The van der Waals surface area contributed by atoms with Crippen LogP contribution in [0.2, 0.25) is 0 Å². The van der Waals surface area contributed by atoms with Crippen LogP contribution >= 0.6 is 0 Å². The van der Waals surface area contributed by atoms with Crippen molar-refractivity contribution in [1.29, 1.82) is 0 Å². The first-order valence-corrected chi connectivity index (χ1v) is 12.9. The van der Waals surface area contributed by atoms with Crippen LogP contribution in [0.3, 0.4) is 0 Å². The van der Waals surface area contributed by atoms with Crippen LogP contribution in [0.5, 0.6) is 0 Å². The van der Waals surface area contributed by atoms with Gasteiger partial charge in [0.2, 0.25) is 5.91 Å². The number of amides is 1. The summed E-state index contributed by atoms with van der Waals surface area (Å²) in [6.45, 7) is 4.02. The number of pyridine rings is 1. The van der Waals surface area contributed by atoms with Crippen molar-refractivity contribution < 1.29 is 14.4 Å². The third-order valence-electron chi connectivity index (χ3n) is 6.61. The lowest BCUT2D eigenvalue weighted by atomic mass is 9.99. The lowest BCUT2D eigenvalue weighted by Gasteiger charge is -2.13. The summed E-state index contributed by atoms with van der Waals surface area (Å²) in [4.78, 5) is 51.5. The molecule has 200 valence electrons. The summed E-state index contributed by atoms with van der Waals surface area (Å²) in [5.41, 5.74) is 9.98. The van der Waals surface area contributed by atoms with E-state index in [0.717, 1.165) is 5.56 Å². The Kier molecular flexibility index (Phi) is 7.56. The molecule has 9 heteroatoms. The Morgan fingerprint density at radius 3 is 2.33 bits per heavy atom. The van der Waals surface area contributed by atoms with Crippen molar-refractivity contribution in [2.45, 2.75) is 32.4 Å². The molecule has 1 amide bonds. The van der Waals surface area contributed by atoms with Gasteiger partial charge in [0, 0.05) is 46.7 Å². The molecule has 0 saturated heterocycles. The van der Waals surface area contributed by atoms with E-state index in [2.05, 4.69) is 20.3 Å². The second kappa shape index (κ2) is 11.4. The molecule has 0 saturated carbocycles.